The fraction of sp³-hybridized carbons (Fsp3) is 0.500. The van der Waals surface area contributed by atoms with Crippen molar-refractivity contribution in [3.05, 3.63) is 41.0 Å². The molecule has 6 nitrogen and oxygen atoms in total. The summed E-state index contributed by atoms with van der Waals surface area (Å²) in [7, 11) is 1.69. The molecule has 0 bridgehead atoms. The van der Waals surface area contributed by atoms with E-state index in [4.69, 9.17) is 0 Å². The standard InChI is InChI=1S/C22H31N3O3/c1-15(2)20(25(4)21(27)13-23-14-26)12-16(3)22(28)24-19-11-7-9-17-8-5-6-10-18(17)19/h7,9,11-12,14-15,20H,5-6,8,10,13H2,1-4H3,(H,23,26)(H,24,28)/t20-/m1/s1. The Balaban J connectivity index is 2.14. The Hall–Kier alpha value is -2.63. The first-order chi connectivity index (χ1) is 13.3. The third-order valence-corrected chi connectivity index (χ3v) is 5.28. The molecule has 152 valence electrons. The van der Waals surface area contributed by atoms with E-state index in [-0.39, 0.29) is 30.3 Å². The summed E-state index contributed by atoms with van der Waals surface area (Å²) in [4.78, 5) is 37.0. The lowest BCUT2D eigenvalue weighted by Crippen LogP contribution is -2.43. The van der Waals surface area contributed by atoms with Gasteiger partial charge in [0.2, 0.25) is 12.3 Å². The van der Waals surface area contributed by atoms with Gasteiger partial charge in [-0.15, -0.1) is 0 Å². The molecule has 0 radical (unpaired) electrons. The van der Waals surface area contributed by atoms with Crippen molar-refractivity contribution in [2.45, 2.75) is 52.5 Å². The maximum absolute atomic E-state index is 12.8. The second-order valence-electron chi connectivity index (χ2n) is 7.69. The molecule has 28 heavy (non-hydrogen) atoms. The number of aryl methyl sites for hydroxylation is 1. The average molecular weight is 386 g/mol. The molecule has 0 heterocycles. The minimum Gasteiger partial charge on any atom is -0.350 e. The van der Waals surface area contributed by atoms with Gasteiger partial charge in [0.25, 0.3) is 5.91 Å². The van der Waals surface area contributed by atoms with Crippen LogP contribution in [0.2, 0.25) is 0 Å². The number of fused-ring (bicyclic) bond motifs is 1. The summed E-state index contributed by atoms with van der Waals surface area (Å²) in [5.74, 6) is -0.235. The van der Waals surface area contributed by atoms with E-state index >= 15 is 0 Å². The largest absolute Gasteiger partial charge is 0.350 e. The third-order valence-electron chi connectivity index (χ3n) is 5.28. The molecule has 1 aliphatic carbocycles. The number of likely N-dealkylation sites (N-methyl/N-ethyl adjacent to an activating group) is 1. The smallest absolute Gasteiger partial charge is 0.251 e. The van der Waals surface area contributed by atoms with Gasteiger partial charge in [-0.2, -0.15) is 0 Å². The fourth-order valence-electron chi connectivity index (χ4n) is 3.62. The Labute approximate surface area is 167 Å². The van der Waals surface area contributed by atoms with Gasteiger partial charge in [-0.05, 0) is 55.7 Å². The van der Waals surface area contributed by atoms with Crippen LogP contribution in [0.3, 0.4) is 0 Å². The Morgan fingerprint density at radius 2 is 1.93 bits per heavy atom. The van der Waals surface area contributed by atoms with E-state index in [0.717, 1.165) is 24.9 Å². The number of hydrogen-bond acceptors (Lipinski definition) is 3. The molecule has 1 aromatic carbocycles. The zero-order valence-electron chi connectivity index (χ0n) is 17.2. The van der Waals surface area contributed by atoms with Crippen molar-refractivity contribution in [3.63, 3.8) is 0 Å². The van der Waals surface area contributed by atoms with E-state index < -0.39 is 0 Å². The molecule has 1 aromatic rings. The van der Waals surface area contributed by atoms with E-state index in [0.29, 0.717) is 12.0 Å². The van der Waals surface area contributed by atoms with E-state index in [9.17, 15) is 14.4 Å². The second-order valence-corrected chi connectivity index (χ2v) is 7.69. The number of amides is 3. The molecule has 0 aliphatic heterocycles. The molecule has 0 spiro atoms. The highest BCUT2D eigenvalue weighted by Gasteiger charge is 2.22. The first-order valence-electron chi connectivity index (χ1n) is 9.88. The lowest BCUT2D eigenvalue weighted by molar-refractivity contribution is -0.132. The van der Waals surface area contributed by atoms with Crippen LogP contribution in [0.25, 0.3) is 0 Å². The van der Waals surface area contributed by atoms with E-state index in [2.05, 4.69) is 16.7 Å². The van der Waals surface area contributed by atoms with Crippen molar-refractivity contribution >= 4 is 23.9 Å². The molecule has 0 saturated carbocycles. The van der Waals surface area contributed by atoms with Crippen LogP contribution in [0.1, 0.15) is 44.7 Å². The minimum atomic E-state index is -0.239. The Morgan fingerprint density at radius 1 is 1.21 bits per heavy atom. The molecular weight excluding hydrogens is 354 g/mol. The van der Waals surface area contributed by atoms with E-state index in [1.807, 2.05) is 32.1 Å². The summed E-state index contributed by atoms with van der Waals surface area (Å²) in [6.07, 6.45) is 6.72. The van der Waals surface area contributed by atoms with Crippen molar-refractivity contribution in [2.24, 2.45) is 5.92 Å². The second kappa shape index (κ2) is 10.1. The van der Waals surface area contributed by atoms with Crippen LogP contribution < -0.4 is 10.6 Å². The topological polar surface area (TPSA) is 78.5 Å². The van der Waals surface area contributed by atoms with Gasteiger partial charge in [-0.25, -0.2) is 0 Å². The molecule has 2 rings (SSSR count). The highest BCUT2D eigenvalue weighted by molar-refractivity contribution is 6.04. The van der Waals surface area contributed by atoms with Gasteiger partial charge in [0, 0.05) is 18.3 Å². The highest BCUT2D eigenvalue weighted by Crippen LogP contribution is 2.28. The number of rotatable bonds is 8. The quantitative estimate of drug-likeness (QED) is 0.533. The van der Waals surface area contributed by atoms with Gasteiger partial charge in [0.05, 0.1) is 12.6 Å². The monoisotopic (exact) mass is 385 g/mol. The van der Waals surface area contributed by atoms with Crippen LogP contribution in [-0.4, -0.2) is 42.8 Å². The third kappa shape index (κ3) is 5.44. The molecular formula is C22H31N3O3. The summed E-state index contributed by atoms with van der Waals surface area (Å²) in [5, 5.41) is 5.44. The molecule has 1 aliphatic rings. The number of carbonyl (C=O) groups is 3. The summed E-state index contributed by atoms with van der Waals surface area (Å²) >= 11 is 0. The van der Waals surface area contributed by atoms with E-state index in [1.54, 1.807) is 18.9 Å². The molecule has 0 fully saturated rings. The van der Waals surface area contributed by atoms with Crippen molar-refractivity contribution in [1.29, 1.82) is 0 Å². The van der Waals surface area contributed by atoms with Crippen molar-refractivity contribution in [1.82, 2.24) is 10.2 Å². The van der Waals surface area contributed by atoms with Gasteiger partial charge < -0.3 is 15.5 Å². The normalized spacial score (nSPS) is 14.8. The number of nitrogens with one attached hydrogen (secondary N) is 2. The first kappa shape index (κ1) is 21.7. The number of benzene rings is 1. The van der Waals surface area contributed by atoms with Crippen molar-refractivity contribution < 1.29 is 14.4 Å². The molecule has 6 heteroatoms. The molecule has 3 amide bonds. The zero-order chi connectivity index (χ0) is 20.7. The number of anilines is 1. The Morgan fingerprint density at radius 3 is 2.61 bits per heavy atom. The molecule has 0 saturated heterocycles. The summed E-state index contributed by atoms with van der Waals surface area (Å²) in [6, 6.07) is 5.84. The van der Waals surface area contributed by atoms with Gasteiger partial charge >= 0.3 is 0 Å². The molecule has 2 N–H and O–H groups in total. The van der Waals surface area contributed by atoms with Crippen LogP contribution in [-0.2, 0) is 27.2 Å². The van der Waals surface area contributed by atoms with Crippen LogP contribution in [0.5, 0.6) is 0 Å². The zero-order valence-corrected chi connectivity index (χ0v) is 17.2. The van der Waals surface area contributed by atoms with Gasteiger partial charge in [0.1, 0.15) is 0 Å². The number of hydrogen-bond donors (Lipinski definition) is 2. The van der Waals surface area contributed by atoms with Crippen molar-refractivity contribution in [2.75, 3.05) is 18.9 Å². The number of carbonyl (C=O) groups excluding carboxylic acids is 3. The predicted octanol–water partition coefficient (Wildman–Crippen LogP) is 2.68. The molecule has 1 atom stereocenters. The summed E-state index contributed by atoms with van der Waals surface area (Å²) < 4.78 is 0. The SMILES string of the molecule is CC(=C[C@H](C(C)C)N(C)C(=O)CNC=O)C(=O)Nc1cccc2c1CCCC2. The fourth-order valence-corrected chi connectivity index (χ4v) is 3.62. The predicted molar refractivity (Wildman–Crippen MR) is 111 cm³/mol. The van der Waals surface area contributed by atoms with Crippen LogP contribution in [0, 0.1) is 5.92 Å². The van der Waals surface area contributed by atoms with E-state index in [1.165, 1.54) is 17.5 Å². The average Bonchev–Trinajstić information content (AvgIpc) is 2.69. The van der Waals surface area contributed by atoms with Crippen LogP contribution >= 0.6 is 0 Å². The highest BCUT2D eigenvalue weighted by atomic mass is 16.2. The summed E-state index contributed by atoms with van der Waals surface area (Å²) in [6.45, 7) is 5.70. The Kier molecular flexibility index (Phi) is 7.79. The maximum atomic E-state index is 12.8. The maximum Gasteiger partial charge on any atom is 0.251 e. The molecule has 0 aromatic heterocycles. The van der Waals surface area contributed by atoms with Crippen LogP contribution in [0.15, 0.2) is 29.8 Å². The Bertz CT molecular complexity index is 755. The minimum absolute atomic E-state index is 0.0571. The van der Waals surface area contributed by atoms with Gasteiger partial charge in [-0.3, -0.25) is 14.4 Å². The van der Waals surface area contributed by atoms with Crippen LogP contribution in [0.4, 0.5) is 5.69 Å². The van der Waals surface area contributed by atoms with Gasteiger partial charge in [-0.1, -0.05) is 32.1 Å². The first-order valence-corrected chi connectivity index (χ1v) is 9.88. The lowest BCUT2D eigenvalue weighted by atomic mass is 9.90. The number of nitrogens with zero attached hydrogens (tertiary/aromatic N) is 1. The van der Waals surface area contributed by atoms with Gasteiger partial charge in [0.15, 0.2) is 0 Å². The molecule has 0 unspecified atom stereocenters. The summed E-state index contributed by atoms with van der Waals surface area (Å²) in [5.41, 5.74) is 4.01. The lowest BCUT2D eigenvalue weighted by Gasteiger charge is -2.29. The van der Waals surface area contributed by atoms with Crippen molar-refractivity contribution in [3.8, 4) is 0 Å².